The zero-order chi connectivity index (χ0) is 24.8. The quantitative estimate of drug-likeness (QED) is 0.214. The van der Waals surface area contributed by atoms with Crippen molar-refractivity contribution in [1.82, 2.24) is 4.90 Å². The normalized spacial score (nSPS) is 17.2. The summed E-state index contributed by atoms with van der Waals surface area (Å²) < 4.78 is 23.2. The van der Waals surface area contributed by atoms with E-state index in [1.165, 1.54) is 0 Å². The third-order valence-corrected chi connectivity index (χ3v) is 5.62. The number of hydrogen-bond acceptors (Lipinski definition) is 7. The highest BCUT2D eigenvalue weighted by atomic mass is 16.6. The van der Waals surface area contributed by atoms with Crippen LogP contribution in [0.25, 0.3) is 0 Å². The summed E-state index contributed by atoms with van der Waals surface area (Å²) in [7, 11) is 0. The van der Waals surface area contributed by atoms with Crippen LogP contribution in [0.5, 0.6) is 0 Å². The van der Waals surface area contributed by atoms with Crippen LogP contribution < -0.4 is 0 Å². The Labute approximate surface area is 204 Å². The molecule has 0 fully saturated rings. The molecule has 0 aromatic heterocycles. The molecule has 1 unspecified atom stereocenters. The van der Waals surface area contributed by atoms with Gasteiger partial charge in [-0.2, -0.15) is 0 Å². The Morgan fingerprint density at radius 1 is 0.824 bits per heavy atom. The minimum atomic E-state index is -0.849. The van der Waals surface area contributed by atoms with Crippen molar-refractivity contribution in [2.24, 2.45) is 0 Å². The Hall–Kier alpha value is -2.54. The minimum absolute atomic E-state index is 0.128. The van der Waals surface area contributed by atoms with Crippen molar-refractivity contribution in [2.45, 2.75) is 85.2 Å². The Morgan fingerprint density at radius 3 is 2.06 bits per heavy atom. The van der Waals surface area contributed by atoms with E-state index < -0.39 is 18.0 Å². The third kappa shape index (κ3) is 7.49. The summed E-state index contributed by atoms with van der Waals surface area (Å²) in [5.74, 6) is -0.651. The summed E-state index contributed by atoms with van der Waals surface area (Å²) in [6.07, 6.45) is 14.3. The van der Waals surface area contributed by atoms with Gasteiger partial charge in [0.15, 0.2) is 11.9 Å². The first-order valence-electron chi connectivity index (χ1n) is 12.8. The monoisotopic (exact) mass is 475 g/mol. The molecule has 190 valence electrons. The topological polar surface area (TPSA) is 74.3 Å². The van der Waals surface area contributed by atoms with Gasteiger partial charge in [-0.25, -0.2) is 9.59 Å². The van der Waals surface area contributed by atoms with Gasteiger partial charge in [0.2, 0.25) is 0 Å². The van der Waals surface area contributed by atoms with E-state index in [-0.39, 0.29) is 17.9 Å². The van der Waals surface area contributed by atoms with E-state index in [1.807, 2.05) is 26.0 Å². The Balaban J connectivity index is 2.39. The highest BCUT2D eigenvalue weighted by Crippen LogP contribution is 2.37. The number of allylic oxidation sites excluding steroid dienone is 3. The predicted molar refractivity (Wildman–Crippen MR) is 131 cm³/mol. The van der Waals surface area contributed by atoms with Crippen LogP contribution in [0, 0.1) is 0 Å². The fourth-order valence-electron chi connectivity index (χ4n) is 3.93. The molecule has 1 atom stereocenters. The molecule has 2 aliphatic heterocycles. The number of rotatable bonds is 16. The number of nitrogens with zero attached hydrogens (tertiary/aromatic N) is 1. The molecule has 34 heavy (non-hydrogen) atoms. The van der Waals surface area contributed by atoms with Crippen LogP contribution in [-0.2, 0) is 28.5 Å². The maximum absolute atomic E-state index is 13.4. The second kappa shape index (κ2) is 15.4. The highest BCUT2D eigenvalue weighted by molar-refractivity contribution is 6.02. The number of carbonyl (C=O) groups is 2. The summed E-state index contributed by atoms with van der Waals surface area (Å²) in [5.41, 5.74) is 0.912. The molecule has 2 rings (SSSR count). The van der Waals surface area contributed by atoms with E-state index in [9.17, 15) is 9.59 Å². The van der Waals surface area contributed by atoms with Gasteiger partial charge in [-0.05, 0) is 38.8 Å². The molecule has 7 heteroatoms. The van der Waals surface area contributed by atoms with E-state index >= 15 is 0 Å². The molecule has 0 N–H and O–H groups in total. The Bertz CT molecular complexity index is 795. The Kier molecular flexibility index (Phi) is 12.5. The van der Waals surface area contributed by atoms with E-state index in [4.69, 9.17) is 18.9 Å². The van der Waals surface area contributed by atoms with Crippen molar-refractivity contribution < 1.29 is 28.5 Å². The van der Waals surface area contributed by atoms with Crippen molar-refractivity contribution in [1.29, 1.82) is 0 Å². The third-order valence-electron chi connectivity index (χ3n) is 5.62. The van der Waals surface area contributed by atoms with Gasteiger partial charge in [-0.15, -0.1) is 0 Å². The molecule has 0 aromatic carbocycles. The molecule has 0 saturated carbocycles. The lowest BCUT2D eigenvalue weighted by Gasteiger charge is -2.36. The SMILES string of the molecule is CCCCCCOC(=O)C1=C(C(=O)OCCCCCC)N2C=CC=CC2=C(OCC)C1OCC. The smallest absolute Gasteiger partial charge is 0.355 e. The standard InChI is InChI=1S/C27H41NO6/c1-5-9-11-15-19-33-26(29)22-23(27(30)34-20-16-12-10-6-2)28-18-14-13-17-21(28)24(31-7-3)25(22)32-8-4/h13-14,17-18,25H,5-12,15-16,19-20H2,1-4H3. The number of esters is 2. The lowest BCUT2D eigenvalue weighted by molar-refractivity contribution is -0.145. The minimum Gasteiger partial charge on any atom is -0.493 e. The zero-order valence-electron chi connectivity index (χ0n) is 21.3. The second-order valence-electron chi connectivity index (χ2n) is 8.24. The van der Waals surface area contributed by atoms with Crippen molar-refractivity contribution in [2.75, 3.05) is 26.4 Å². The summed E-state index contributed by atoms with van der Waals surface area (Å²) >= 11 is 0. The van der Waals surface area contributed by atoms with E-state index in [0.717, 1.165) is 51.4 Å². The Morgan fingerprint density at radius 2 is 1.47 bits per heavy atom. The van der Waals surface area contributed by atoms with Crippen LogP contribution in [0.15, 0.2) is 47.2 Å². The number of unbranched alkanes of at least 4 members (excludes halogenated alkanes) is 6. The van der Waals surface area contributed by atoms with Crippen LogP contribution >= 0.6 is 0 Å². The number of hydrogen-bond donors (Lipinski definition) is 0. The maximum atomic E-state index is 13.4. The van der Waals surface area contributed by atoms with Crippen LogP contribution in [0.4, 0.5) is 0 Å². The van der Waals surface area contributed by atoms with Crippen LogP contribution in [0.3, 0.4) is 0 Å². The molecule has 0 radical (unpaired) electrons. The average molecular weight is 476 g/mol. The van der Waals surface area contributed by atoms with E-state index in [0.29, 0.717) is 31.3 Å². The first-order chi connectivity index (χ1) is 16.6. The molecule has 0 spiro atoms. The molecule has 2 heterocycles. The van der Waals surface area contributed by atoms with Gasteiger partial charge in [0.05, 0.1) is 25.5 Å². The van der Waals surface area contributed by atoms with Gasteiger partial charge in [0.1, 0.15) is 11.3 Å². The summed E-state index contributed by atoms with van der Waals surface area (Å²) in [4.78, 5) is 28.3. The predicted octanol–water partition coefficient (Wildman–Crippen LogP) is 5.54. The number of carbonyl (C=O) groups excluding carboxylic acids is 2. The van der Waals surface area contributed by atoms with Crippen molar-refractivity contribution in [3.63, 3.8) is 0 Å². The molecular weight excluding hydrogens is 434 g/mol. The molecule has 2 aliphatic rings. The van der Waals surface area contributed by atoms with Crippen molar-refractivity contribution >= 4 is 11.9 Å². The van der Waals surface area contributed by atoms with Gasteiger partial charge >= 0.3 is 11.9 Å². The lowest BCUT2D eigenvalue weighted by atomic mass is 9.96. The molecule has 7 nitrogen and oxygen atoms in total. The fraction of sp³-hybridized carbons (Fsp3) is 0.630. The van der Waals surface area contributed by atoms with Gasteiger partial charge < -0.3 is 23.8 Å². The van der Waals surface area contributed by atoms with Gasteiger partial charge in [-0.3, -0.25) is 0 Å². The van der Waals surface area contributed by atoms with Crippen molar-refractivity contribution in [3.05, 3.63) is 47.2 Å². The first kappa shape index (κ1) is 27.7. The van der Waals surface area contributed by atoms with E-state index in [2.05, 4.69) is 13.8 Å². The van der Waals surface area contributed by atoms with Crippen LogP contribution in [0.1, 0.15) is 79.1 Å². The van der Waals surface area contributed by atoms with Gasteiger partial charge in [-0.1, -0.05) is 58.4 Å². The number of fused-ring (bicyclic) bond motifs is 1. The fourth-order valence-corrected chi connectivity index (χ4v) is 3.93. The zero-order valence-corrected chi connectivity index (χ0v) is 21.3. The van der Waals surface area contributed by atoms with Crippen molar-refractivity contribution in [3.8, 4) is 0 Å². The molecule has 0 amide bonds. The average Bonchev–Trinajstić information content (AvgIpc) is 2.84. The maximum Gasteiger partial charge on any atom is 0.355 e. The summed E-state index contributed by atoms with van der Waals surface area (Å²) in [6.45, 7) is 9.29. The van der Waals surface area contributed by atoms with Crippen LogP contribution in [-0.4, -0.2) is 49.4 Å². The lowest BCUT2D eigenvalue weighted by Crippen LogP contribution is -2.41. The summed E-state index contributed by atoms with van der Waals surface area (Å²) in [6, 6.07) is 0. The molecule has 0 aromatic rings. The van der Waals surface area contributed by atoms with E-state index in [1.54, 1.807) is 17.2 Å². The molecular formula is C27H41NO6. The summed E-state index contributed by atoms with van der Waals surface area (Å²) in [5, 5.41) is 0. The highest BCUT2D eigenvalue weighted by Gasteiger charge is 2.43. The first-order valence-corrected chi connectivity index (χ1v) is 12.8. The largest absolute Gasteiger partial charge is 0.493 e. The number of ether oxygens (including phenoxy) is 4. The molecule has 0 saturated heterocycles. The molecule has 0 bridgehead atoms. The van der Waals surface area contributed by atoms with Crippen LogP contribution in [0.2, 0.25) is 0 Å². The van der Waals surface area contributed by atoms with Gasteiger partial charge in [0, 0.05) is 12.8 Å². The van der Waals surface area contributed by atoms with Gasteiger partial charge in [0.25, 0.3) is 0 Å². The molecule has 0 aliphatic carbocycles. The second-order valence-corrected chi connectivity index (χ2v) is 8.24.